The molecule has 0 unspecified atom stereocenters. The third-order valence-corrected chi connectivity index (χ3v) is 2.60. The van der Waals surface area contributed by atoms with Crippen molar-refractivity contribution in [2.24, 2.45) is 0 Å². The molecule has 7 heteroatoms. The van der Waals surface area contributed by atoms with Crippen LogP contribution in [-0.4, -0.2) is 46.1 Å². The average molecular weight is 264 g/mol. The molecule has 1 aromatic heterocycles. The highest BCUT2D eigenvalue weighted by molar-refractivity contribution is 5.43. The second-order valence-corrected chi connectivity index (χ2v) is 3.89. The Morgan fingerprint density at radius 3 is 2.68 bits per heavy atom. The molecular weight excluding hydrogens is 248 g/mol. The van der Waals surface area contributed by atoms with E-state index in [9.17, 15) is 0 Å². The molecule has 0 radical (unpaired) electrons. The van der Waals surface area contributed by atoms with Gasteiger partial charge < -0.3 is 14.6 Å². The summed E-state index contributed by atoms with van der Waals surface area (Å²) in [5.74, 6) is 1.95. The lowest BCUT2D eigenvalue weighted by Gasteiger charge is -2.08. The summed E-state index contributed by atoms with van der Waals surface area (Å²) in [4.78, 5) is 1.37. The minimum Gasteiger partial charge on any atom is -0.493 e. The minimum atomic E-state index is -0.00778. The Morgan fingerprint density at radius 2 is 2.00 bits per heavy atom. The first-order valence-electron chi connectivity index (χ1n) is 5.85. The first-order valence-corrected chi connectivity index (χ1v) is 5.85. The lowest BCUT2D eigenvalue weighted by Crippen LogP contribution is -2.06. The number of hydrogen-bond donors (Lipinski definition) is 1. The van der Waals surface area contributed by atoms with Crippen LogP contribution in [0.2, 0.25) is 0 Å². The lowest BCUT2D eigenvalue weighted by atomic mass is 10.1. The van der Waals surface area contributed by atoms with E-state index in [1.54, 1.807) is 14.2 Å². The molecule has 0 fully saturated rings. The van der Waals surface area contributed by atoms with Gasteiger partial charge in [-0.3, -0.25) is 0 Å². The molecule has 0 saturated carbocycles. The molecule has 0 atom stereocenters. The summed E-state index contributed by atoms with van der Waals surface area (Å²) >= 11 is 0. The number of methoxy groups -OCH3 is 2. The lowest BCUT2D eigenvalue weighted by molar-refractivity contribution is 0.259. The molecular formula is C12H16N4O3. The normalized spacial score (nSPS) is 10.5. The summed E-state index contributed by atoms with van der Waals surface area (Å²) in [7, 11) is 3.19. The molecule has 102 valence electrons. The zero-order valence-electron chi connectivity index (χ0n) is 10.9. The summed E-state index contributed by atoms with van der Waals surface area (Å²) in [5, 5.41) is 20.7. The van der Waals surface area contributed by atoms with Crippen molar-refractivity contribution in [3.8, 4) is 11.5 Å². The molecule has 19 heavy (non-hydrogen) atoms. The third kappa shape index (κ3) is 3.19. The van der Waals surface area contributed by atoms with Gasteiger partial charge in [0.2, 0.25) is 0 Å². The first kappa shape index (κ1) is 13.3. The largest absolute Gasteiger partial charge is 0.493 e. The van der Waals surface area contributed by atoms with Crippen molar-refractivity contribution in [2.45, 2.75) is 13.0 Å². The van der Waals surface area contributed by atoms with Gasteiger partial charge in [0, 0.05) is 6.42 Å². The highest BCUT2D eigenvalue weighted by Gasteiger charge is 2.08. The van der Waals surface area contributed by atoms with Crippen molar-refractivity contribution in [2.75, 3.05) is 20.8 Å². The van der Waals surface area contributed by atoms with Gasteiger partial charge in [0.15, 0.2) is 17.3 Å². The molecule has 0 spiro atoms. The average Bonchev–Trinajstić information content (AvgIpc) is 2.86. The number of rotatable bonds is 6. The molecule has 1 heterocycles. The summed E-state index contributed by atoms with van der Waals surface area (Å²) in [5.41, 5.74) is 1.00. The van der Waals surface area contributed by atoms with Crippen molar-refractivity contribution in [1.29, 1.82) is 0 Å². The van der Waals surface area contributed by atoms with Crippen LogP contribution in [0.25, 0.3) is 0 Å². The second-order valence-electron chi connectivity index (χ2n) is 3.89. The number of tetrazole rings is 1. The fourth-order valence-corrected chi connectivity index (χ4v) is 1.70. The van der Waals surface area contributed by atoms with Gasteiger partial charge in [-0.15, -0.1) is 10.2 Å². The maximum Gasteiger partial charge on any atom is 0.179 e. The number of ether oxygens (including phenoxy) is 2. The van der Waals surface area contributed by atoms with Crippen molar-refractivity contribution in [3.05, 3.63) is 29.6 Å². The van der Waals surface area contributed by atoms with E-state index in [1.165, 1.54) is 4.80 Å². The maximum atomic E-state index is 8.79. The highest BCUT2D eigenvalue weighted by Crippen LogP contribution is 2.28. The van der Waals surface area contributed by atoms with E-state index in [0.717, 1.165) is 5.56 Å². The predicted octanol–water partition coefficient (Wildman–Crippen LogP) is 0.273. The van der Waals surface area contributed by atoms with Crippen LogP contribution in [-0.2, 0) is 13.0 Å². The smallest absolute Gasteiger partial charge is 0.179 e. The molecule has 0 saturated heterocycles. The fraction of sp³-hybridized carbons (Fsp3) is 0.417. The van der Waals surface area contributed by atoms with Gasteiger partial charge in [-0.1, -0.05) is 6.07 Å². The zero-order chi connectivity index (χ0) is 13.7. The van der Waals surface area contributed by atoms with Crippen LogP contribution >= 0.6 is 0 Å². The Kier molecular flexibility index (Phi) is 4.30. The van der Waals surface area contributed by atoms with Gasteiger partial charge in [0.25, 0.3) is 0 Å². The second kappa shape index (κ2) is 6.14. The fourth-order valence-electron chi connectivity index (χ4n) is 1.70. The number of aliphatic hydroxyl groups excluding tert-OH is 1. The molecule has 7 nitrogen and oxygen atoms in total. The van der Waals surface area contributed by atoms with E-state index in [-0.39, 0.29) is 6.61 Å². The van der Waals surface area contributed by atoms with Gasteiger partial charge in [-0.05, 0) is 22.9 Å². The van der Waals surface area contributed by atoms with Crippen LogP contribution in [0, 0.1) is 0 Å². The topological polar surface area (TPSA) is 82.3 Å². The van der Waals surface area contributed by atoms with Crippen LogP contribution < -0.4 is 9.47 Å². The van der Waals surface area contributed by atoms with Gasteiger partial charge in [0.1, 0.15) is 0 Å². The van der Waals surface area contributed by atoms with E-state index in [4.69, 9.17) is 14.6 Å². The number of aromatic nitrogens is 4. The van der Waals surface area contributed by atoms with E-state index in [0.29, 0.717) is 30.3 Å². The Bertz CT molecular complexity index is 542. The molecule has 0 aliphatic rings. The predicted molar refractivity (Wildman–Crippen MR) is 67.3 cm³/mol. The number of hydrogen-bond acceptors (Lipinski definition) is 6. The Morgan fingerprint density at radius 1 is 1.21 bits per heavy atom. The maximum absolute atomic E-state index is 8.79. The molecule has 0 aliphatic heterocycles. The van der Waals surface area contributed by atoms with E-state index in [1.807, 2.05) is 18.2 Å². The Balaban J connectivity index is 2.13. The molecule has 2 aromatic rings. The van der Waals surface area contributed by atoms with Crippen molar-refractivity contribution < 1.29 is 14.6 Å². The molecule has 0 aliphatic carbocycles. The Hall–Kier alpha value is -2.15. The van der Waals surface area contributed by atoms with Crippen LogP contribution in [0.3, 0.4) is 0 Å². The van der Waals surface area contributed by atoms with Gasteiger partial charge >= 0.3 is 0 Å². The van der Waals surface area contributed by atoms with Crippen LogP contribution in [0.4, 0.5) is 0 Å². The molecule has 1 N–H and O–H groups in total. The minimum absolute atomic E-state index is 0.00778. The highest BCUT2D eigenvalue weighted by atomic mass is 16.5. The van der Waals surface area contributed by atoms with Crippen molar-refractivity contribution >= 4 is 0 Å². The molecule has 0 bridgehead atoms. The molecule has 1 aromatic carbocycles. The summed E-state index contributed by atoms with van der Waals surface area (Å²) in [6, 6.07) is 5.64. The van der Waals surface area contributed by atoms with Crippen molar-refractivity contribution in [3.63, 3.8) is 0 Å². The van der Waals surface area contributed by atoms with Gasteiger partial charge in [0.05, 0.1) is 27.4 Å². The quantitative estimate of drug-likeness (QED) is 0.806. The molecule has 0 amide bonds. The van der Waals surface area contributed by atoms with Gasteiger partial charge in [-0.2, -0.15) is 4.80 Å². The summed E-state index contributed by atoms with van der Waals surface area (Å²) in [6.45, 7) is 0.338. The van der Waals surface area contributed by atoms with Crippen molar-refractivity contribution in [1.82, 2.24) is 20.2 Å². The van der Waals surface area contributed by atoms with Gasteiger partial charge in [-0.25, -0.2) is 0 Å². The van der Waals surface area contributed by atoms with Crippen LogP contribution in [0.1, 0.15) is 11.4 Å². The monoisotopic (exact) mass is 264 g/mol. The number of benzene rings is 1. The summed E-state index contributed by atoms with van der Waals surface area (Å²) < 4.78 is 10.4. The van der Waals surface area contributed by atoms with E-state index >= 15 is 0 Å². The van der Waals surface area contributed by atoms with Crippen LogP contribution in [0.5, 0.6) is 11.5 Å². The zero-order valence-corrected chi connectivity index (χ0v) is 10.9. The molecule has 2 rings (SSSR count). The first-order chi connectivity index (χ1) is 9.26. The van der Waals surface area contributed by atoms with E-state index in [2.05, 4.69) is 15.4 Å². The van der Waals surface area contributed by atoms with E-state index < -0.39 is 0 Å². The SMILES string of the molecule is COc1ccc(Cc2nnn(CCO)n2)cc1OC. The standard InChI is InChI=1S/C12H16N4O3/c1-18-10-4-3-9(7-11(10)19-2)8-12-13-15-16(14-12)5-6-17/h3-4,7,17H,5-6,8H2,1-2H3. The number of aliphatic hydroxyl groups is 1. The van der Waals surface area contributed by atoms with Crippen LogP contribution in [0.15, 0.2) is 18.2 Å². The summed E-state index contributed by atoms with van der Waals surface area (Å²) in [6.07, 6.45) is 0.547. The Labute approximate surface area is 110 Å². The third-order valence-electron chi connectivity index (χ3n) is 2.60. The number of nitrogens with zero attached hydrogens (tertiary/aromatic N) is 4.